The average molecular weight is 225 g/mol. The van der Waals surface area contributed by atoms with Crippen molar-refractivity contribution in [2.75, 3.05) is 17.3 Å². The number of rotatable bonds is 6. The molecule has 0 saturated heterocycles. The summed E-state index contributed by atoms with van der Waals surface area (Å²) in [6.45, 7) is 2.27. The van der Waals surface area contributed by atoms with Crippen LogP contribution in [-0.2, 0) is 0 Å². The van der Waals surface area contributed by atoms with Gasteiger partial charge in [0, 0.05) is 5.33 Å². The van der Waals surface area contributed by atoms with E-state index in [1.54, 1.807) is 0 Å². The highest BCUT2D eigenvalue weighted by Gasteiger charge is 2.02. The molecule has 0 aromatic carbocycles. The lowest BCUT2D eigenvalue weighted by atomic mass is 10.0. The van der Waals surface area contributed by atoms with E-state index in [1.165, 1.54) is 30.3 Å². The third-order valence-electron chi connectivity index (χ3n) is 1.76. The Hall–Kier alpha value is 0.830. The molecule has 0 spiro atoms. The van der Waals surface area contributed by atoms with Crippen LogP contribution in [0.1, 0.15) is 26.2 Å². The summed E-state index contributed by atoms with van der Waals surface area (Å²) < 4.78 is 0. The maximum absolute atomic E-state index is 3.52. The van der Waals surface area contributed by atoms with Crippen LogP contribution in [0, 0.1) is 5.92 Å². The van der Waals surface area contributed by atoms with Crippen LogP contribution in [0.5, 0.6) is 0 Å². The van der Waals surface area contributed by atoms with Gasteiger partial charge in [-0.25, -0.2) is 0 Å². The van der Waals surface area contributed by atoms with E-state index in [4.69, 9.17) is 0 Å². The zero-order valence-corrected chi connectivity index (χ0v) is 9.30. The minimum Gasteiger partial charge on any atom is -0.165 e. The van der Waals surface area contributed by atoms with Crippen molar-refractivity contribution in [1.29, 1.82) is 0 Å². The van der Waals surface area contributed by atoms with Crippen molar-refractivity contribution in [2.24, 2.45) is 5.92 Å². The number of alkyl halides is 1. The van der Waals surface area contributed by atoms with Gasteiger partial charge >= 0.3 is 0 Å². The average Bonchev–Trinajstić information content (AvgIpc) is 1.99. The zero-order valence-electron chi connectivity index (χ0n) is 6.90. The van der Waals surface area contributed by atoms with Gasteiger partial charge in [0.15, 0.2) is 0 Å². The fourth-order valence-electron chi connectivity index (χ4n) is 0.907. The second-order valence-electron chi connectivity index (χ2n) is 2.56. The third kappa shape index (κ3) is 5.60. The normalized spacial score (nSPS) is 13.5. The molecule has 0 aromatic rings. The van der Waals surface area contributed by atoms with E-state index in [0.717, 1.165) is 5.92 Å². The minimum atomic E-state index is 0.909. The third-order valence-corrected chi connectivity index (χ3v) is 3.37. The Kier molecular flexibility index (Phi) is 8.59. The van der Waals surface area contributed by atoms with Gasteiger partial charge in [-0.15, -0.1) is 0 Å². The summed E-state index contributed by atoms with van der Waals surface area (Å²) in [5, 5.41) is 1.18. The summed E-state index contributed by atoms with van der Waals surface area (Å²) in [6, 6.07) is 0. The molecule has 2 heteroatoms. The first-order chi connectivity index (χ1) is 4.85. The first-order valence-electron chi connectivity index (χ1n) is 3.90. The van der Waals surface area contributed by atoms with Gasteiger partial charge in [-0.3, -0.25) is 0 Å². The monoisotopic (exact) mass is 224 g/mol. The van der Waals surface area contributed by atoms with Gasteiger partial charge in [0.1, 0.15) is 0 Å². The van der Waals surface area contributed by atoms with Gasteiger partial charge in [0.25, 0.3) is 0 Å². The summed E-state index contributed by atoms with van der Waals surface area (Å²) in [7, 11) is 0. The van der Waals surface area contributed by atoms with Crippen molar-refractivity contribution in [3.05, 3.63) is 0 Å². The van der Waals surface area contributed by atoms with Crippen molar-refractivity contribution >= 4 is 27.7 Å². The SMILES string of the molecule is CCC(CBr)CCCSC. The molecule has 0 aromatic heterocycles. The van der Waals surface area contributed by atoms with Crippen LogP contribution in [-0.4, -0.2) is 17.3 Å². The fourth-order valence-corrected chi connectivity index (χ4v) is 2.14. The fraction of sp³-hybridized carbons (Fsp3) is 1.00. The Balaban J connectivity index is 3.09. The molecule has 0 rings (SSSR count). The highest BCUT2D eigenvalue weighted by atomic mass is 79.9. The summed E-state index contributed by atoms with van der Waals surface area (Å²) >= 11 is 5.47. The van der Waals surface area contributed by atoms with Crippen molar-refractivity contribution in [3.63, 3.8) is 0 Å². The van der Waals surface area contributed by atoms with E-state index in [0.29, 0.717) is 0 Å². The molecule has 62 valence electrons. The van der Waals surface area contributed by atoms with Gasteiger partial charge in [-0.2, -0.15) is 11.8 Å². The predicted octanol–water partition coefficient (Wildman–Crippen LogP) is 3.55. The molecule has 0 fully saturated rings. The van der Waals surface area contributed by atoms with Gasteiger partial charge in [0.2, 0.25) is 0 Å². The summed E-state index contributed by atoms with van der Waals surface area (Å²) in [5.41, 5.74) is 0. The molecule has 0 bridgehead atoms. The summed E-state index contributed by atoms with van der Waals surface area (Å²) in [4.78, 5) is 0. The van der Waals surface area contributed by atoms with Crippen LogP contribution >= 0.6 is 27.7 Å². The van der Waals surface area contributed by atoms with Crippen LogP contribution in [0.3, 0.4) is 0 Å². The van der Waals surface area contributed by atoms with E-state index < -0.39 is 0 Å². The molecule has 0 amide bonds. The van der Waals surface area contributed by atoms with E-state index in [9.17, 15) is 0 Å². The lowest BCUT2D eigenvalue weighted by molar-refractivity contribution is 0.523. The van der Waals surface area contributed by atoms with Crippen molar-refractivity contribution in [3.8, 4) is 0 Å². The van der Waals surface area contributed by atoms with E-state index in [2.05, 4.69) is 29.1 Å². The van der Waals surface area contributed by atoms with Crippen LogP contribution in [0.25, 0.3) is 0 Å². The van der Waals surface area contributed by atoms with Crippen LogP contribution in [0.2, 0.25) is 0 Å². The largest absolute Gasteiger partial charge is 0.165 e. The molecule has 0 aliphatic heterocycles. The smallest absolute Gasteiger partial charge is 0.00595 e. The van der Waals surface area contributed by atoms with Crippen LogP contribution < -0.4 is 0 Å². The molecular formula is C8H17BrS. The summed E-state index contributed by atoms with van der Waals surface area (Å²) in [6.07, 6.45) is 6.27. The Morgan fingerprint density at radius 3 is 2.60 bits per heavy atom. The first-order valence-corrected chi connectivity index (χ1v) is 6.41. The standard InChI is InChI=1S/C8H17BrS/c1-3-8(7-9)5-4-6-10-2/h8H,3-7H2,1-2H3. The zero-order chi connectivity index (χ0) is 7.82. The lowest BCUT2D eigenvalue weighted by Crippen LogP contribution is -2.00. The molecule has 1 unspecified atom stereocenters. The molecule has 0 saturated carbocycles. The second-order valence-corrected chi connectivity index (χ2v) is 4.20. The van der Waals surface area contributed by atoms with E-state index >= 15 is 0 Å². The number of thioether (sulfide) groups is 1. The van der Waals surface area contributed by atoms with Crippen molar-refractivity contribution in [2.45, 2.75) is 26.2 Å². The van der Waals surface area contributed by atoms with Crippen molar-refractivity contribution < 1.29 is 0 Å². The highest BCUT2D eigenvalue weighted by molar-refractivity contribution is 9.09. The number of hydrogen-bond acceptors (Lipinski definition) is 1. The Morgan fingerprint density at radius 2 is 2.20 bits per heavy atom. The van der Waals surface area contributed by atoms with E-state index in [1.807, 2.05) is 11.8 Å². The Labute approximate surface area is 77.3 Å². The predicted molar refractivity (Wildman–Crippen MR) is 55.2 cm³/mol. The molecule has 1 atom stereocenters. The van der Waals surface area contributed by atoms with Crippen molar-refractivity contribution in [1.82, 2.24) is 0 Å². The molecule has 0 heterocycles. The molecule has 0 aliphatic carbocycles. The molecule has 0 aliphatic rings. The van der Waals surface area contributed by atoms with Gasteiger partial charge in [-0.05, 0) is 30.8 Å². The molecule has 0 radical (unpaired) electrons. The molecular weight excluding hydrogens is 208 g/mol. The maximum Gasteiger partial charge on any atom is 0.00595 e. The summed E-state index contributed by atoms with van der Waals surface area (Å²) in [5.74, 6) is 2.23. The Morgan fingerprint density at radius 1 is 1.50 bits per heavy atom. The quantitative estimate of drug-likeness (QED) is 0.492. The minimum absolute atomic E-state index is 0.909. The van der Waals surface area contributed by atoms with E-state index in [-0.39, 0.29) is 0 Å². The Bertz CT molecular complexity index is 62.3. The second kappa shape index (κ2) is 7.93. The van der Waals surface area contributed by atoms with Crippen LogP contribution in [0.4, 0.5) is 0 Å². The van der Waals surface area contributed by atoms with Gasteiger partial charge in [-0.1, -0.05) is 29.3 Å². The topological polar surface area (TPSA) is 0 Å². The van der Waals surface area contributed by atoms with Gasteiger partial charge < -0.3 is 0 Å². The van der Waals surface area contributed by atoms with Gasteiger partial charge in [0.05, 0.1) is 0 Å². The van der Waals surface area contributed by atoms with Crippen LogP contribution in [0.15, 0.2) is 0 Å². The lowest BCUT2D eigenvalue weighted by Gasteiger charge is -2.09. The molecule has 0 nitrogen and oxygen atoms in total. The molecule has 0 N–H and O–H groups in total. The molecule has 10 heavy (non-hydrogen) atoms. The number of halogens is 1. The number of hydrogen-bond donors (Lipinski definition) is 0. The highest BCUT2D eigenvalue weighted by Crippen LogP contribution is 2.14. The first kappa shape index (κ1) is 10.8. The maximum atomic E-state index is 3.52.